The fourth-order valence-corrected chi connectivity index (χ4v) is 4.44. The zero-order valence-electron chi connectivity index (χ0n) is 11.0. The molecule has 0 spiro atoms. The summed E-state index contributed by atoms with van der Waals surface area (Å²) in [5.74, 6) is 0. The van der Waals surface area contributed by atoms with E-state index in [0.717, 1.165) is 15.2 Å². The lowest BCUT2D eigenvalue weighted by atomic mass is 10.2. The molecule has 0 aromatic carbocycles. The molecule has 2 rings (SSSR count). The molecule has 0 aliphatic heterocycles. The Kier molecular flexibility index (Phi) is 4.59. The van der Waals surface area contributed by atoms with Crippen molar-refractivity contribution in [2.24, 2.45) is 0 Å². The van der Waals surface area contributed by atoms with Crippen molar-refractivity contribution < 1.29 is 0 Å². The maximum Gasteiger partial charge on any atom is 0.0900 e. The molecule has 0 aliphatic rings. The van der Waals surface area contributed by atoms with E-state index in [1.165, 1.54) is 9.75 Å². The normalized spacial score (nSPS) is 14.7. The summed E-state index contributed by atoms with van der Waals surface area (Å²) in [6.07, 6.45) is 0. The largest absolute Gasteiger partial charge is 0.302 e. The minimum Gasteiger partial charge on any atom is -0.302 e. The van der Waals surface area contributed by atoms with Gasteiger partial charge in [0, 0.05) is 31.7 Å². The highest BCUT2D eigenvalue weighted by Gasteiger charge is 2.16. The van der Waals surface area contributed by atoms with Gasteiger partial charge < -0.3 is 5.32 Å². The fourth-order valence-electron chi connectivity index (χ4n) is 2.04. The molecule has 0 aliphatic carbocycles. The van der Waals surface area contributed by atoms with Gasteiger partial charge in [0.15, 0.2) is 0 Å². The number of nitrogens with one attached hydrogen (secondary N) is 1. The minimum absolute atomic E-state index is 0.340. The second-order valence-electron chi connectivity index (χ2n) is 4.46. The SMILES string of the molecule is Cc1nc(C)c(C(C)NC(C)c2cc(Br)cs2)s1. The van der Waals surface area contributed by atoms with Gasteiger partial charge in [0.2, 0.25) is 0 Å². The van der Waals surface area contributed by atoms with E-state index in [2.05, 4.69) is 65.4 Å². The van der Waals surface area contributed by atoms with Crippen LogP contribution in [0.15, 0.2) is 15.9 Å². The summed E-state index contributed by atoms with van der Waals surface area (Å²) in [6, 6.07) is 2.88. The van der Waals surface area contributed by atoms with E-state index in [1.54, 1.807) is 22.7 Å². The summed E-state index contributed by atoms with van der Waals surface area (Å²) in [5, 5.41) is 6.91. The van der Waals surface area contributed by atoms with Gasteiger partial charge in [-0.3, -0.25) is 0 Å². The van der Waals surface area contributed by atoms with Gasteiger partial charge in [-0.05, 0) is 49.7 Å². The Morgan fingerprint density at radius 2 is 2.00 bits per heavy atom. The Labute approximate surface area is 125 Å². The summed E-state index contributed by atoms with van der Waals surface area (Å²) in [4.78, 5) is 7.19. The van der Waals surface area contributed by atoms with Crippen molar-refractivity contribution in [2.75, 3.05) is 0 Å². The van der Waals surface area contributed by atoms with Crippen molar-refractivity contribution in [1.82, 2.24) is 10.3 Å². The van der Waals surface area contributed by atoms with Crippen LogP contribution in [0.5, 0.6) is 0 Å². The smallest absolute Gasteiger partial charge is 0.0900 e. The highest BCUT2D eigenvalue weighted by molar-refractivity contribution is 9.10. The lowest BCUT2D eigenvalue weighted by molar-refractivity contribution is 0.503. The Bertz CT molecular complexity index is 533. The number of thiazole rings is 1. The van der Waals surface area contributed by atoms with Crippen LogP contribution in [0.1, 0.15) is 46.4 Å². The number of thiophene rings is 1. The van der Waals surface area contributed by atoms with Crippen molar-refractivity contribution in [3.63, 3.8) is 0 Å². The van der Waals surface area contributed by atoms with Crippen molar-refractivity contribution in [1.29, 1.82) is 0 Å². The van der Waals surface area contributed by atoms with Gasteiger partial charge in [0.25, 0.3) is 0 Å². The summed E-state index contributed by atoms with van der Waals surface area (Å²) >= 11 is 7.07. The molecule has 5 heteroatoms. The molecule has 2 aromatic heterocycles. The van der Waals surface area contributed by atoms with Gasteiger partial charge in [0.1, 0.15) is 0 Å². The van der Waals surface area contributed by atoms with E-state index in [0.29, 0.717) is 12.1 Å². The van der Waals surface area contributed by atoms with Gasteiger partial charge >= 0.3 is 0 Å². The lowest BCUT2D eigenvalue weighted by Crippen LogP contribution is -2.21. The average Bonchev–Trinajstić information content (AvgIpc) is 2.84. The number of aryl methyl sites for hydroxylation is 2. The second-order valence-corrected chi connectivity index (χ2v) is 7.55. The molecular formula is C13H17BrN2S2. The van der Waals surface area contributed by atoms with Crippen LogP contribution in [0.3, 0.4) is 0 Å². The predicted molar refractivity (Wildman–Crippen MR) is 83.6 cm³/mol. The van der Waals surface area contributed by atoms with E-state index in [-0.39, 0.29) is 0 Å². The van der Waals surface area contributed by atoms with E-state index in [9.17, 15) is 0 Å². The first-order valence-corrected chi connectivity index (χ1v) is 8.40. The Hall–Kier alpha value is -0.230. The van der Waals surface area contributed by atoms with Crippen LogP contribution in [-0.2, 0) is 0 Å². The van der Waals surface area contributed by atoms with Crippen LogP contribution < -0.4 is 5.32 Å². The molecule has 0 radical (unpaired) electrons. The van der Waals surface area contributed by atoms with Crippen molar-refractivity contribution in [3.8, 4) is 0 Å². The molecule has 98 valence electrons. The van der Waals surface area contributed by atoms with Gasteiger partial charge in [-0.1, -0.05) is 0 Å². The molecule has 0 amide bonds. The maximum absolute atomic E-state index is 4.49. The topological polar surface area (TPSA) is 24.9 Å². The number of aromatic nitrogens is 1. The fraction of sp³-hybridized carbons (Fsp3) is 0.462. The number of hydrogen-bond donors (Lipinski definition) is 1. The third-order valence-corrected chi connectivity index (χ3v) is 5.98. The van der Waals surface area contributed by atoms with Crippen LogP contribution in [0.2, 0.25) is 0 Å². The highest BCUT2D eigenvalue weighted by Crippen LogP contribution is 2.30. The second kappa shape index (κ2) is 5.82. The Balaban J connectivity index is 2.07. The molecule has 1 N–H and O–H groups in total. The lowest BCUT2D eigenvalue weighted by Gasteiger charge is -2.18. The van der Waals surface area contributed by atoms with Gasteiger partial charge in [-0.15, -0.1) is 22.7 Å². The van der Waals surface area contributed by atoms with Crippen LogP contribution in [0.25, 0.3) is 0 Å². The molecule has 2 atom stereocenters. The molecule has 2 heterocycles. The highest BCUT2D eigenvalue weighted by atomic mass is 79.9. The zero-order chi connectivity index (χ0) is 13.3. The Morgan fingerprint density at radius 1 is 1.28 bits per heavy atom. The molecule has 18 heavy (non-hydrogen) atoms. The summed E-state index contributed by atoms with van der Waals surface area (Å²) in [6.45, 7) is 8.56. The first-order chi connectivity index (χ1) is 8.47. The first kappa shape index (κ1) is 14.2. The van der Waals surface area contributed by atoms with E-state index < -0.39 is 0 Å². The number of nitrogens with zero attached hydrogens (tertiary/aromatic N) is 1. The number of halogens is 1. The van der Waals surface area contributed by atoms with Gasteiger partial charge in [-0.2, -0.15) is 0 Å². The summed E-state index contributed by atoms with van der Waals surface area (Å²) in [7, 11) is 0. The third kappa shape index (κ3) is 3.20. The molecule has 0 saturated heterocycles. The monoisotopic (exact) mass is 344 g/mol. The Morgan fingerprint density at radius 3 is 2.50 bits per heavy atom. The van der Waals surface area contributed by atoms with Gasteiger partial charge in [0.05, 0.1) is 10.7 Å². The minimum atomic E-state index is 0.340. The third-order valence-electron chi connectivity index (χ3n) is 2.85. The zero-order valence-corrected chi connectivity index (χ0v) is 14.2. The van der Waals surface area contributed by atoms with E-state index in [1.807, 2.05) is 0 Å². The molecule has 0 bridgehead atoms. The molecule has 2 aromatic rings. The molecular weight excluding hydrogens is 328 g/mol. The number of hydrogen-bond acceptors (Lipinski definition) is 4. The van der Waals surface area contributed by atoms with Crippen LogP contribution >= 0.6 is 38.6 Å². The maximum atomic E-state index is 4.49. The van der Waals surface area contributed by atoms with Crippen molar-refractivity contribution in [2.45, 2.75) is 39.8 Å². The predicted octanol–water partition coefficient (Wildman–Crippen LogP) is 5.00. The van der Waals surface area contributed by atoms with Crippen LogP contribution in [-0.4, -0.2) is 4.98 Å². The molecule has 0 fully saturated rings. The van der Waals surface area contributed by atoms with Crippen molar-refractivity contribution >= 4 is 38.6 Å². The average molecular weight is 345 g/mol. The summed E-state index contributed by atoms with van der Waals surface area (Å²) in [5.41, 5.74) is 1.15. The first-order valence-electron chi connectivity index (χ1n) is 5.91. The number of rotatable bonds is 4. The van der Waals surface area contributed by atoms with E-state index in [4.69, 9.17) is 0 Å². The molecule has 2 nitrogen and oxygen atoms in total. The quantitative estimate of drug-likeness (QED) is 0.844. The van der Waals surface area contributed by atoms with Gasteiger partial charge in [-0.25, -0.2) is 4.98 Å². The standard InChI is InChI=1S/C13H17BrN2S2/c1-7(12-5-11(14)6-17-12)15-8(2)13-9(3)16-10(4)18-13/h5-8,15H,1-4H3. The van der Waals surface area contributed by atoms with Crippen LogP contribution in [0.4, 0.5) is 0 Å². The van der Waals surface area contributed by atoms with Crippen molar-refractivity contribution in [3.05, 3.63) is 36.4 Å². The van der Waals surface area contributed by atoms with Crippen LogP contribution in [0, 0.1) is 13.8 Å². The van der Waals surface area contributed by atoms with E-state index >= 15 is 0 Å². The molecule has 2 unspecified atom stereocenters. The summed E-state index contributed by atoms with van der Waals surface area (Å²) < 4.78 is 1.16. The molecule has 0 saturated carbocycles.